The minimum Gasteiger partial charge on any atom is -0.396 e. The summed E-state index contributed by atoms with van der Waals surface area (Å²) in [7, 11) is 0. The second kappa shape index (κ2) is 9.62. The Morgan fingerprint density at radius 2 is 1.84 bits per heavy atom. The zero-order valence-electron chi connectivity index (χ0n) is 13.4. The van der Waals surface area contributed by atoms with E-state index in [0.29, 0.717) is 34.9 Å². The van der Waals surface area contributed by atoms with Gasteiger partial charge < -0.3 is 26.2 Å². The lowest BCUT2D eigenvalue weighted by atomic mass is 10.1. The van der Waals surface area contributed by atoms with Crippen molar-refractivity contribution in [3.05, 3.63) is 51.5 Å². The minimum absolute atomic E-state index is 0.0121. The Morgan fingerprint density at radius 1 is 1.08 bits per heavy atom. The SMILES string of the molecule is O=C(Nc1cc(Br)cc(NCCO)c1)Nc1cccc(Cl)c1CCO. The van der Waals surface area contributed by atoms with Crippen molar-refractivity contribution in [2.24, 2.45) is 0 Å². The van der Waals surface area contributed by atoms with Gasteiger partial charge in [-0.15, -0.1) is 0 Å². The number of hydrogen-bond donors (Lipinski definition) is 5. The van der Waals surface area contributed by atoms with Crippen molar-refractivity contribution in [1.29, 1.82) is 0 Å². The third kappa shape index (κ3) is 5.89. The van der Waals surface area contributed by atoms with E-state index in [4.69, 9.17) is 21.8 Å². The lowest BCUT2D eigenvalue weighted by Gasteiger charge is -2.14. The summed E-state index contributed by atoms with van der Waals surface area (Å²) in [6.45, 7) is 0.360. The van der Waals surface area contributed by atoms with Crippen LogP contribution in [0.1, 0.15) is 5.56 Å². The largest absolute Gasteiger partial charge is 0.396 e. The summed E-state index contributed by atoms with van der Waals surface area (Å²) in [6, 6.07) is 10.1. The predicted octanol–water partition coefficient (Wildman–Crippen LogP) is 3.69. The van der Waals surface area contributed by atoms with Crippen molar-refractivity contribution >= 4 is 50.6 Å². The van der Waals surface area contributed by atoms with Gasteiger partial charge in [-0.2, -0.15) is 0 Å². The summed E-state index contributed by atoms with van der Waals surface area (Å²) in [5.41, 5.74) is 2.58. The van der Waals surface area contributed by atoms with Gasteiger partial charge >= 0.3 is 6.03 Å². The van der Waals surface area contributed by atoms with Crippen LogP contribution in [-0.2, 0) is 6.42 Å². The van der Waals surface area contributed by atoms with Gasteiger partial charge in [0.15, 0.2) is 0 Å². The molecule has 0 radical (unpaired) electrons. The van der Waals surface area contributed by atoms with Crippen molar-refractivity contribution in [2.45, 2.75) is 6.42 Å². The fraction of sp³-hybridized carbons (Fsp3) is 0.235. The van der Waals surface area contributed by atoms with Crippen molar-refractivity contribution in [1.82, 2.24) is 0 Å². The first-order valence-corrected chi connectivity index (χ1v) is 8.82. The van der Waals surface area contributed by atoms with Gasteiger partial charge in [0.05, 0.1) is 6.61 Å². The number of benzene rings is 2. The molecule has 0 aliphatic heterocycles. The molecule has 0 aliphatic carbocycles. The summed E-state index contributed by atoms with van der Waals surface area (Å²) in [5.74, 6) is 0. The Labute approximate surface area is 159 Å². The van der Waals surface area contributed by atoms with E-state index >= 15 is 0 Å². The molecule has 2 aromatic rings. The molecule has 0 unspecified atom stereocenters. The average Bonchev–Trinajstić information content (AvgIpc) is 2.55. The molecule has 0 heterocycles. The Morgan fingerprint density at radius 3 is 2.56 bits per heavy atom. The summed E-state index contributed by atoms with van der Waals surface area (Å²) < 4.78 is 0.787. The zero-order chi connectivity index (χ0) is 18.2. The second-order valence-electron chi connectivity index (χ2n) is 5.20. The molecule has 2 aromatic carbocycles. The maximum absolute atomic E-state index is 12.3. The Kier molecular flexibility index (Phi) is 7.52. The first-order chi connectivity index (χ1) is 12.0. The van der Waals surface area contributed by atoms with Gasteiger partial charge in [-0.1, -0.05) is 33.6 Å². The van der Waals surface area contributed by atoms with Crippen molar-refractivity contribution in [3.63, 3.8) is 0 Å². The number of amides is 2. The number of carbonyl (C=O) groups is 1. The van der Waals surface area contributed by atoms with E-state index in [9.17, 15) is 4.79 Å². The normalized spacial score (nSPS) is 10.4. The van der Waals surface area contributed by atoms with Gasteiger partial charge in [0.2, 0.25) is 0 Å². The number of urea groups is 1. The van der Waals surface area contributed by atoms with Gasteiger partial charge in [0, 0.05) is 39.7 Å². The highest BCUT2D eigenvalue weighted by atomic mass is 79.9. The van der Waals surface area contributed by atoms with Gasteiger partial charge in [-0.3, -0.25) is 0 Å². The molecule has 0 aromatic heterocycles. The van der Waals surface area contributed by atoms with E-state index in [2.05, 4.69) is 31.9 Å². The van der Waals surface area contributed by atoms with E-state index in [1.807, 2.05) is 6.07 Å². The molecular formula is C17H19BrClN3O3. The quantitative estimate of drug-likeness (QED) is 0.465. The minimum atomic E-state index is -0.423. The maximum atomic E-state index is 12.3. The molecule has 0 saturated heterocycles. The van der Waals surface area contributed by atoms with Crippen LogP contribution in [0.3, 0.4) is 0 Å². The third-order valence-electron chi connectivity index (χ3n) is 3.33. The summed E-state index contributed by atoms with van der Waals surface area (Å²) in [6.07, 6.45) is 0.349. The first-order valence-electron chi connectivity index (χ1n) is 7.65. The number of aliphatic hydroxyl groups is 2. The number of aliphatic hydroxyl groups excluding tert-OH is 2. The molecule has 134 valence electrons. The van der Waals surface area contributed by atoms with Crippen LogP contribution in [0.5, 0.6) is 0 Å². The molecule has 0 aliphatic rings. The summed E-state index contributed by atoms with van der Waals surface area (Å²) >= 11 is 9.51. The molecule has 0 saturated carbocycles. The highest BCUT2D eigenvalue weighted by Crippen LogP contribution is 2.26. The molecule has 8 heteroatoms. The average molecular weight is 429 g/mol. The Balaban J connectivity index is 2.10. The first kappa shape index (κ1) is 19.5. The molecule has 25 heavy (non-hydrogen) atoms. The Hall–Kier alpha value is -1.80. The highest BCUT2D eigenvalue weighted by Gasteiger charge is 2.10. The van der Waals surface area contributed by atoms with E-state index in [0.717, 1.165) is 10.2 Å². The fourth-order valence-electron chi connectivity index (χ4n) is 2.29. The third-order valence-corrected chi connectivity index (χ3v) is 4.14. The lowest BCUT2D eigenvalue weighted by molar-refractivity contribution is 0.262. The van der Waals surface area contributed by atoms with Crippen LogP contribution in [0.25, 0.3) is 0 Å². The number of halogens is 2. The van der Waals surface area contributed by atoms with Crippen molar-refractivity contribution in [2.75, 3.05) is 35.7 Å². The van der Waals surface area contributed by atoms with Gasteiger partial charge in [0.25, 0.3) is 0 Å². The second-order valence-corrected chi connectivity index (χ2v) is 6.52. The van der Waals surface area contributed by atoms with E-state index in [-0.39, 0.29) is 13.2 Å². The molecule has 2 amide bonds. The molecular weight excluding hydrogens is 410 g/mol. The fourth-order valence-corrected chi connectivity index (χ4v) is 3.05. The van der Waals surface area contributed by atoms with Crippen LogP contribution in [0, 0.1) is 0 Å². The summed E-state index contributed by atoms with van der Waals surface area (Å²) in [4.78, 5) is 12.3. The van der Waals surface area contributed by atoms with Crippen LogP contribution < -0.4 is 16.0 Å². The smallest absolute Gasteiger partial charge is 0.323 e. The molecule has 6 nitrogen and oxygen atoms in total. The van der Waals surface area contributed by atoms with Gasteiger partial charge in [0.1, 0.15) is 0 Å². The lowest BCUT2D eigenvalue weighted by Crippen LogP contribution is -2.20. The topological polar surface area (TPSA) is 93.6 Å². The van der Waals surface area contributed by atoms with Crippen LogP contribution >= 0.6 is 27.5 Å². The molecule has 0 spiro atoms. The molecule has 0 bridgehead atoms. The summed E-state index contributed by atoms with van der Waals surface area (Å²) in [5, 5.41) is 27.1. The van der Waals surface area contributed by atoms with Gasteiger partial charge in [-0.25, -0.2) is 4.79 Å². The van der Waals surface area contributed by atoms with Gasteiger partial charge in [-0.05, 0) is 42.3 Å². The van der Waals surface area contributed by atoms with E-state index in [1.54, 1.807) is 30.3 Å². The predicted molar refractivity (Wildman–Crippen MR) is 105 cm³/mol. The Bertz CT molecular complexity index is 743. The van der Waals surface area contributed by atoms with Crippen molar-refractivity contribution in [3.8, 4) is 0 Å². The number of nitrogens with one attached hydrogen (secondary N) is 3. The molecule has 0 atom stereocenters. The molecule has 2 rings (SSSR count). The van der Waals surface area contributed by atoms with Crippen molar-refractivity contribution < 1.29 is 15.0 Å². The van der Waals surface area contributed by atoms with Crippen LogP contribution in [0.15, 0.2) is 40.9 Å². The number of carbonyl (C=O) groups excluding carboxylic acids is 1. The standard InChI is InChI=1S/C17H19BrClN3O3/c18-11-8-12(20-5-7-24)10-13(9-11)21-17(25)22-16-3-1-2-15(19)14(16)4-6-23/h1-3,8-10,20,23-24H,4-7H2,(H2,21,22,25). The van der Waals surface area contributed by atoms with Crippen LogP contribution in [0.4, 0.5) is 21.9 Å². The van der Waals surface area contributed by atoms with E-state index in [1.165, 1.54) is 0 Å². The monoisotopic (exact) mass is 427 g/mol. The number of hydrogen-bond acceptors (Lipinski definition) is 4. The highest BCUT2D eigenvalue weighted by molar-refractivity contribution is 9.10. The van der Waals surface area contributed by atoms with Crippen LogP contribution in [0.2, 0.25) is 5.02 Å². The molecule has 0 fully saturated rings. The number of anilines is 3. The zero-order valence-corrected chi connectivity index (χ0v) is 15.7. The van der Waals surface area contributed by atoms with E-state index < -0.39 is 6.03 Å². The molecule has 5 N–H and O–H groups in total. The number of rotatable bonds is 7. The maximum Gasteiger partial charge on any atom is 0.323 e. The van der Waals surface area contributed by atoms with Crippen LogP contribution in [-0.4, -0.2) is 36.0 Å².